The van der Waals surface area contributed by atoms with Gasteiger partial charge < -0.3 is 19.9 Å². The zero-order chi connectivity index (χ0) is 14.9. The quantitative estimate of drug-likeness (QED) is 0.799. The molecule has 20 heavy (non-hydrogen) atoms. The third kappa shape index (κ3) is 2.64. The third-order valence-electron chi connectivity index (χ3n) is 2.77. The summed E-state index contributed by atoms with van der Waals surface area (Å²) >= 11 is 0. The van der Waals surface area contributed by atoms with Crippen molar-refractivity contribution in [1.82, 2.24) is 0 Å². The van der Waals surface area contributed by atoms with E-state index >= 15 is 0 Å². The van der Waals surface area contributed by atoms with Crippen molar-refractivity contribution in [1.29, 1.82) is 0 Å². The molecule has 0 fully saturated rings. The minimum absolute atomic E-state index is 0.224. The van der Waals surface area contributed by atoms with E-state index in [-0.39, 0.29) is 11.5 Å². The normalized spacial score (nSPS) is 10.3. The third-order valence-corrected chi connectivity index (χ3v) is 2.77. The molecule has 0 aliphatic carbocycles. The lowest BCUT2D eigenvalue weighted by Crippen LogP contribution is -2.12. The van der Waals surface area contributed by atoms with Crippen LogP contribution in [0.3, 0.4) is 0 Å². The second-order valence-corrected chi connectivity index (χ2v) is 4.32. The highest BCUT2D eigenvalue weighted by atomic mass is 16.4. The predicted molar refractivity (Wildman–Crippen MR) is 71.2 cm³/mol. The topological polar surface area (TPSA) is 99.8 Å². The Morgan fingerprint density at radius 1 is 1.15 bits per heavy atom. The second-order valence-electron chi connectivity index (χ2n) is 4.32. The van der Waals surface area contributed by atoms with Gasteiger partial charge >= 0.3 is 5.97 Å². The van der Waals surface area contributed by atoms with E-state index in [0.717, 1.165) is 0 Å². The number of benzene rings is 1. The van der Waals surface area contributed by atoms with Crippen LogP contribution >= 0.6 is 0 Å². The molecule has 0 radical (unpaired) electrons. The van der Waals surface area contributed by atoms with Gasteiger partial charge in [-0.1, -0.05) is 0 Å². The first-order valence-electron chi connectivity index (χ1n) is 5.83. The maximum absolute atomic E-state index is 12.0. The number of amides is 1. The van der Waals surface area contributed by atoms with E-state index in [9.17, 15) is 14.7 Å². The first kappa shape index (κ1) is 13.7. The van der Waals surface area contributed by atoms with E-state index in [1.165, 1.54) is 18.2 Å². The Bertz CT molecular complexity index is 687. The molecule has 6 nitrogen and oxygen atoms in total. The van der Waals surface area contributed by atoms with Crippen molar-refractivity contribution >= 4 is 17.6 Å². The smallest absolute Gasteiger partial charge is 0.339 e. The maximum atomic E-state index is 12.0. The number of aryl methyl sites for hydroxylation is 2. The number of carbonyl (C=O) groups excluding carboxylic acids is 1. The average molecular weight is 275 g/mol. The van der Waals surface area contributed by atoms with Gasteiger partial charge in [0.1, 0.15) is 22.8 Å². The van der Waals surface area contributed by atoms with Crippen molar-refractivity contribution < 1.29 is 24.2 Å². The van der Waals surface area contributed by atoms with Gasteiger partial charge in [0.2, 0.25) is 0 Å². The molecule has 0 atom stereocenters. The lowest BCUT2D eigenvalue weighted by atomic mass is 10.1. The molecule has 0 spiro atoms. The largest absolute Gasteiger partial charge is 0.507 e. The number of carboxylic acid groups (broad SMARTS) is 1. The van der Waals surface area contributed by atoms with Gasteiger partial charge in [0, 0.05) is 11.8 Å². The van der Waals surface area contributed by atoms with Crippen LogP contribution in [0.25, 0.3) is 0 Å². The summed E-state index contributed by atoms with van der Waals surface area (Å²) in [6.07, 6.45) is 0. The average Bonchev–Trinajstić information content (AvgIpc) is 2.68. The highest BCUT2D eigenvalue weighted by Crippen LogP contribution is 2.23. The number of carboxylic acids is 1. The summed E-state index contributed by atoms with van der Waals surface area (Å²) in [6, 6.07) is 5.42. The van der Waals surface area contributed by atoms with Crippen molar-refractivity contribution in [2.75, 3.05) is 5.32 Å². The summed E-state index contributed by atoms with van der Waals surface area (Å²) in [7, 11) is 0. The number of phenols is 1. The first-order valence-corrected chi connectivity index (χ1v) is 5.83. The summed E-state index contributed by atoms with van der Waals surface area (Å²) in [5.41, 5.74) is 0.471. The Balaban J connectivity index is 2.22. The number of aromatic carboxylic acids is 1. The first-order chi connectivity index (χ1) is 9.38. The lowest BCUT2D eigenvalue weighted by molar-refractivity contribution is 0.0693. The minimum Gasteiger partial charge on any atom is -0.507 e. The van der Waals surface area contributed by atoms with Crippen LogP contribution in [0, 0.1) is 13.8 Å². The molecule has 2 rings (SSSR count). The molecule has 6 heteroatoms. The number of rotatable bonds is 3. The Hall–Kier alpha value is -2.76. The number of nitrogens with one attached hydrogen (secondary N) is 1. The Morgan fingerprint density at radius 2 is 1.85 bits per heavy atom. The van der Waals surface area contributed by atoms with Gasteiger partial charge in [-0.15, -0.1) is 0 Å². The van der Waals surface area contributed by atoms with Crippen molar-refractivity contribution in [3.8, 4) is 5.75 Å². The summed E-state index contributed by atoms with van der Waals surface area (Å²) in [5, 5.41) is 20.9. The van der Waals surface area contributed by atoms with Crippen LogP contribution in [0.4, 0.5) is 5.69 Å². The molecule has 0 bridgehead atoms. The minimum atomic E-state index is -1.23. The van der Waals surface area contributed by atoms with Gasteiger partial charge in [-0.05, 0) is 32.0 Å². The van der Waals surface area contributed by atoms with E-state index in [0.29, 0.717) is 22.8 Å². The SMILES string of the molecule is Cc1cc(C(=O)Nc2ccc(C(=O)O)c(O)c2)c(C)o1. The van der Waals surface area contributed by atoms with Crippen molar-refractivity contribution in [2.24, 2.45) is 0 Å². The number of hydrogen-bond acceptors (Lipinski definition) is 4. The van der Waals surface area contributed by atoms with Gasteiger partial charge in [0.25, 0.3) is 5.91 Å². The van der Waals surface area contributed by atoms with Crippen molar-refractivity contribution in [3.63, 3.8) is 0 Å². The lowest BCUT2D eigenvalue weighted by Gasteiger charge is -2.06. The van der Waals surface area contributed by atoms with E-state index in [4.69, 9.17) is 9.52 Å². The number of anilines is 1. The van der Waals surface area contributed by atoms with Gasteiger partial charge in [-0.2, -0.15) is 0 Å². The Kier molecular flexibility index (Phi) is 3.47. The summed E-state index contributed by atoms with van der Waals surface area (Å²) < 4.78 is 5.26. The van der Waals surface area contributed by atoms with Crippen LogP contribution in [0.2, 0.25) is 0 Å². The molecule has 1 aromatic heterocycles. The van der Waals surface area contributed by atoms with Crippen LogP contribution in [0.1, 0.15) is 32.2 Å². The van der Waals surface area contributed by atoms with Crippen LogP contribution in [0.5, 0.6) is 5.75 Å². The Labute approximate surface area is 114 Å². The van der Waals surface area contributed by atoms with E-state index in [2.05, 4.69) is 5.32 Å². The van der Waals surface area contributed by atoms with Gasteiger partial charge in [-0.25, -0.2) is 4.79 Å². The molecule has 1 amide bonds. The summed E-state index contributed by atoms with van der Waals surface area (Å²) in [4.78, 5) is 22.8. The van der Waals surface area contributed by atoms with E-state index < -0.39 is 11.7 Å². The summed E-state index contributed by atoms with van der Waals surface area (Å²) in [5.74, 6) is -0.915. The van der Waals surface area contributed by atoms with Crippen LogP contribution in [-0.2, 0) is 0 Å². The van der Waals surface area contributed by atoms with Gasteiger partial charge in [0.05, 0.1) is 5.56 Å². The number of hydrogen-bond donors (Lipinski definition) is 3. The Morgan fingerprint density at radius 3 is 2.35 bits per heavy atom. The molecule has 0 unspecified atom stereocenters. The number of carbonyl (C=O) groups is 2. The monoisotopic (exact) mass is 275 g/mol. The molecule has 3 N–H and O–H groups in total. The fourth-order valence-corrected chi connectivity index (χ4v) is 1.84. The van der Waals surface area contributed by atoms with Crippen LogP contribution in [0.15, 0.2) is 28.7 Å². The van der Waals surface area contributed by atoms with Gasteiger partial charge in [0.15, 0.2) is 0 Å². The summed E-state index contributed by atoms with van der Waals surface area (Å²) in [6.45, 7) is 3.41. The standard InChI is InChI=1S/C14H13NO5/c1-7-5-11(8(2)20-7)13(17)15-9-3-4-10(14(18)19)12(16)6-9/h3-6,16H,1-2H3,(H,15,17)(H,18,19). The molecule has 0 saturated carbocycles. The zero-order valence-electron chi connectivity index (χ0n) is 10.9. The number of furan rings is 1. The highest BCUT2D eigenvalue weighted by Gasteiger charge is 2.15. The molecule has 1 aromatic carbocycles. The van der Waals surface area contributed by atoms with Crippen molar-refractivity contribution in [2.45, 2.75) is 13.8 Å². The molecule has 0 saturated heterocycles. The zero-order valence-corrected chi connectivity index (χ0v) is 10.9. The van der Waals surface area contributed by atoms with E-state index in [1.54, 1.807) is 19.9 Å². The predicted octanol–water partition coefficient (Wildman–Crippen LogP) is 2.55. The number of aromatic hydroxyl groups is 1. The molecule has 104 valence electrons. The molecular formula is C14H13NO5. The van der Waals surface area contributed by atoms with Crippen molar-refractivity contribution in [3.05, 3.63) is 46.9 Å². The van der Waals surface area contributed by atoms with Crippen LogP contribution < -0.4 is 5.32 Å². The van der Waals surface area contributed by atoms with E-state index in [1.807, 2.05) is 0 Å². The molecule has 2 aromatic rings. The maximum Gasteiger partial charge on any atom is 0.339 e. The molecular weight excluding hydrogens is 262 g/mol. The fourth-order valence-electron chi connectivity index (χ4n) is 1.84. The fraction of sp³-hybridized carbons (Fsp3) is 0.143. The second kappa shape index (κ2) is 5.08. The highest BCUT2D eigenvalue weighted by molar-refractivity contribution is 6.05. The van der Waals surface area contributed by atoms with Crippen LogP contribution in [-0.4, -0.2) is 22.1 Å². The van der Waals surface area contributed by atoms with Gasteiger partial charge in [-0.3, -0.25) is 4.79 Å². The molecule has 1 heterocycles. The molecule has 0 aliphatic heterocycles. The molecule has 0 aliphatic rings.